The van der Waals surface area contributed by atoms with E-state index in [9.17, 15) is 9.18 Å². The molecule has 31 heavy (non-hydrogen) atoms. The molecular weight excluding hydrogens is 419 g/mol. The van der Waals surface area contributed by atoms with Crippen LogP contribution in [0.1, 0.15) is 37.3 Å². The predicted octanol–water partition coefficient (Wildman–Crippen LogP) is 4.61. The number of aromatic nitrogens is 2. The Labute approximate surface area is 182 Å². The van der Waals surface area contributed by atoms with E-state index >= 15 is 0 Å². The van der Waals surface area contributed by atoms with Crippen LogP contribution in [0.15, 0.2) is 52.0 Å². The molecule has 1 aromatic carbocycles. The third-order valence-electron chi connectivity index (χ3n) is 5.61. The van der Waals surface area contributed by atoms with Gasteiger partial charge in [-0.3, -0.25) is 4.90 Å². The number of urea groups is 1. The third-order valence-corrected chi connectivity index (χ3v) is 6.47. The van der Waals surface area contributed by atoms with Crippen molar-refractivity contribution in [2.75, 3.05) is 13.2 Å². The maximum atomic E-state index is 13.5. The fourth-order valence-electron chi connectivity index (χ4n) is 4.01. The molecule has 5 rings (SSSR count). The van der Waals surface area contributed by atoms with E-state index in [2.05, 4.69) is 15.5 Å². The molecule has 2 atom stereocenters. The van der Waals surface area contributed by atoms with Crippen LogP contribution in [0.4, 0.5) is 9.18 Å². The molecule has 2 aromatic heterocycles. The van der Waals surface area contributed by atoms with Crippen molar-refractivity contribution in [3.05, 3.63) is 64.7 Å². The SMILES string of the molecule is CC1=C(c2nc(-c3cccs3)no2)C(c2ccc(F)cc2)NC(=O)N1CC1CCCO1. The molecule has 9 heteroatoms. The topological polar surface area (TPSA) is 80.5 Å². The van der Waals surface area contributed by atoms with E-state index in [4.69, 9.17) is 9.26 Å². The van der Waals surface area contributed by atoms with Gasteiger partial charge in [0.2, 0.25) is 5.82 Å². The van der Waals surface area contributed by atoms with Gasteiger partial charge < -0.3 is 14.6 Å². The van der Waals surface area contributed by atoms with Gasteiger partial charge in [0, 0.05) is 12.3 Å². The molecule has 4 heterocycles. The third kappa shape index (κ3) is 3.86. The second kappa shape index (κ2) is 8.24. The summed E-state index contributed by atoms with van der Waals surface area (Å²) in [5.41, 5.74) is 2.14. The number of halogens is 1. The highest BCUT2D eigenvalue weighted by atomic mass is 32.1. The van der Waals surface area contributed by atoms with Crippen LogP contribution in [-0.4, -0.2) is 40.3 Å². The zero-order valence-electron chi connectivity index (χ0n) is 16.9. The Morgan fingerprint density at radius 1 is 1.29 bits per heavy atom. The van der Waals surface area contributed by atoms with Crippen LogP contribution >= 0.6 is 11.3 Å². The normalized spacial score (nSPS) is 21.6. The lowest BCUT2D eigenvalue weighted by Gasteiger charge is -2.36. The molecule has 0 saturated carbocycles. The number of benzene rings is 1. The second-order valence-corrected chi connectivity index (χ2v) is 8.53. The minimum atomic E-state index is -0.537. The number of carbonyl (C=O) groups is 1. The van der Waals surface area contributed by atoms with Crippen LogP contribution in [-0.2, 0) is 4.74 Å². The maximum Gasteiger partial charge on any atom is 0.322 e. The maximum absolute atomic E-state index is 13.5. The van der Waals surface area contributed by atoms with Gasteiger partial charge in [-0.1, -0.05) is 23.4 Å². The summed E-state index contributed by atoms with van der Waals surface area (Å²) < 4.78 is 24.9. The van der Waals surface area contributed by atoms with E-state index < -0.39 is 6.04 Å². The molecule has 2 amide bonds. The lowest BCUT2D eigenvalue weighted by atomic mass is 9.94. The van der Waals surface area contributed by atoms with Crippen LogP contribution in [0.2, 0.25) is 0 Å². The van der Waals surface area contributed by atoms with Crippen molar-refractivity contribution in [2.45, 2.75) is 31.9 Å². The number of ether oxygens (including phenoxy) is 1. The molecular formula is C22H21FN4O3S. The predicted molar refractivity (Wildman–Crippen MR) is 114 cm³/mol. The summed E-state index contributed by atoms with van der Waals surface area (Å²) in [6, 6.07) is 9.13. The summed E-state index contributed by atoms with van der Waals surface area (Å²) in [5.74, 6) is 0.476. The van der Waals surface area contributed by atoms with Crippen LogP contribution in [0, 0.1) is 5.82 Å². The minimum absolute atomic E-state index is 0.00585. The summed E-state index contributed by atoms with van der Waals surface area (Å²) in [4.78, 5) is 20.2. The van der Waals surface area contributed by atoms with Crippen LogP contribution in [0.5, 0.6) is 0 Å². The largest absolute Gasteiger partial charge is 0.376 e. The van der Waals surface area contributed by atoms with Gasteiger partial charge in [0.25, 0.3) is 5.89 Å². The van der Waals surface area contributed by atoms with Crippen molar-refractivity contribution in [2.24, 2.45) is 0 Å². The van der Waals surface area contributed by atoms with Gasteiger partial charge >= 0.3 is 6.03 Å². The summed E-state index contributed by atoms with van der Waals surface area (Å²) in [6.07, 6.45) is 1.90. The van der Waals surface area contributed by atoms with Gasteiger partial charge in [-0.15, -0.1) is 11.3 Å². The first-order valence-corrected chi connectivity index (χ1v) is 11.0. The van der Waals surface area contributed by atoms with Crippen molar-refractivity contribution >= 4 is 22.9 Å². The molecule has 2 aliphatic rings. The van der Waals surface area contributed by atoms with Gasteiger partial charge in [0.05, 0.1) is 29.1 Å². The number of nitrogens with one attached hydrogen (secondary N) is 1. The van der Waals surface area contributed by atoms with E-state index in [1.54, 1.807) is 17.0 Å². The van der Waals surface area contributed by atoms with E-state index in [-0.39, 0.29) is 18.0 Å². The number of thiophene rings is 1. The van der Waals surface area contributed by atoms with Gasteiger partial charge in [-0.25, -0.2) is 9.18 Å². The first-order valence-electron chi connectivity index (χ1n) is 10.1. The highest BCUT2D eigenvalue weighted by molar-refractivity contribution is 7.13. The van der Waals surface area contributed by atoms with Crippen molar-refractivity contribution in [3.63, 3.8) is 0 Å². The lowest BCUT2D eigenvalue weighted by Crippen LogP contribution is -2.48. The molecule has 0 bridgehead atoms. The summed E-state index contributed by atoms with van der Waals surface area (Å²) in [5, 5.41) is 9.10. The van der Waals surface area contributed by atoms with E-state index in [0.717, 1.165) is 29.0 Å². The summed E-state index contributed by atoms with van der Waals surface area (Å²) in [6.45, 7) is 3.03. The highest BCUT2D eigenvalue weighted by Crippen LogP contribution is 2.38. The average molecular weight is 441 g/mol. The number of nitrogens with zero attached hydrogens (tertiary/aromatic N) is 3. The van der Waals surface area contributed by atoms with E-state index in [1.807, 2.05) is 24.4 Å². The number of amides is 2. The molecule has 0 aliphatic carbocycles. The molecule has 2 aliphatic heterocycles. The smallest absolute Gasteiger partial charge is 0.322 e. The van der Waals surface area contributed by atoms with Gasteiger partial charge in [-0.2, -0.15) is 4.98 Å². The minimum Gasteiger partial charge on any atom is -0.376 e. The Morgan fingerprint density at radius 3 is 2.84 bits per heavy atom. The Balaban J connectivity index is 1.57. The fourth-order valence-corrected chi connectivity index (χ4v) is 4.66. The number of carbonyl (C=O) groups excluding carboxylic acids is 1. The Morgan fingerprint density at radius 2 is 2.13 bits per heavy atom. The van der Waals surface area contributed by atoms with Gasteiger partial charge in [0.15, 0.2) is 0 Å². The summed E-state index contributed by atoms with van der Waals surface area (Å²) >= 11 is 1.52. The Bertz CT molecular complexity index is 1100. The molecule has 160 valence electrons. The van der Waals surface area contributed by atoms with Crippen LogP contribution in [0.3, 0.4) is 0 Å². The Hall–Kier alpha value is -3.04. The number of allylic oxidation sites excluding steroid dienone is 1. The molecule has 1 fully saturated rings. The molecule has 0 radical (unpaired) electrons. The van der Waals surface area contributed by atoms with Crippen LogP contribution < -0.4 is 5.32 Å². The fraction of sp³-hybridized carbons (Fsp3) is 0.318. The molecule has 2 unspecified atom stereocenters. The van der Waals surface area contributed by atoms with Crippen molar-refractivity contribution in [3.8, 4) is 10.7 Å². The first-order chi connectivity index (χ1) is 15.1. The molecule has 1 saturated heterocycles. The quantitative estimate of drug-likeness (QED) is 0.627. The first kappa shape index (κ1) is 19.9. The van der Waals surface area contributed by atoms with Crippen LogP contribution in [0.25, 0.3) is 16.3 Å². The zero-order chi connectivity index (χ0) is 21.4. The number of rotatable bonds is 5. The van der Waals surface area contributed by atoms with Crippen molar-refractivity contribution in [1.82, 2.24) is 20.4 Å². The number of hydrogen-bond donors (Lipinski definition) is 1. The Kier molecular flexibility index (Phi) is 5.29. The van der Waals surface area contributed by atoms with Gasteiger partial charge in [-0.05, 0) is 48.9 Å². The molecule has 7 nitrogen and oxygen atoms in total. The second-order valence-electron chi connectivity index (χ2n) is 7.58. The zero-order valence-corrected chi connectivity index (χ0v) is 17.7. The molecule has 3 aromatic rings. The van der Waals surface area contributed by atoms with Gasteiger partial charge in [0.1, 0.15) is 5.82 Å². The molecule has 0 spiro atoms. The standard InChI is InChI=1S/C22H21FN4O3S/c1-13-18(21-25-20(26-30-21)17-5-3-11-31-17)19(14-6-8-15(23)9-7-14)24-22(28)27(13)12-16-4-2-10-29-16/h3,5-9,11,16,19H,2,4,10,12H2,1H3,(H,24,28). The van der Waals surface area contributed by atoms with Crippen molar-refractivity contribution in [1.29, 1.82) is 0 Å². The summed E-state index contributed by atoms with van der Waals surface area (Å²) in [7, 11) is 0. The lowest BCUT2D eigenvalue weighted by molar-refractivity contribution is 0.0877. The highest BCUT2D eigenvalue weighted by Gasteiger charge is 2.37. The van der Waals surface area contributed by atoms with Crippen molar-refractivity contribution < 1.29 is 18.4 Å². The monoisotopic (exact) mass is 440 g/mol. The molecule has 1 N–H and O–H groups in total. The van der Waals surface area contributed by atoms with E-state index in [1.165, 1.54) is 23.5 Å². The number of hydrogen-bond acceptors (Lipinski definition) is 6. The van der Waals surface area contributed by atoms with E-state index in [0.29, 0.717) is 30.4 Å². The average Bonchev–Trinajstić information content (AvgIpc) is 3.54.